The molecule has 0 unspecified atom stereocenters. The van der Waals surface area contributed by atoms with E-state index in [1.807, 2.05) is 0 Å². The predicted molar refractivity (Wildman–Crippen MR) is 41.9 cm³/mol. The number of carboxylic acid groups (broad SMARTS) is 1. The van der Waals surface area contributed by atoms with Gasteiger partial charge >= 0.3 is 51.4 Å². The molecule has 0 bridgehead atoms. The van der Waals surface area contributed by atoms with Crippen molar-refractivity contribution in [2.24, 2.45) is 0 Å². The van der Waals surface area contributed by atoms with E-state index in [9.17, 15) is 9.90 Å². The number of aryl methyl sites for hydroxylation is 1. The van der Waals surface area contributed by atoms with Crippen LogP contribution < -0.4 is 56.5 Å². The summed E-state index contributed by atoms with van der Waals surface area (Å²) in [5, 5.41) is 18.0. The number of hydrogen-bond donors (Lipinski definition) is 0. The minimum Gasteiger partial charge on any atom is -0.541 e. The number of carbonyl (C=O) groups excluding carboxylic acids is 1. The molecule has 0 radical (unpaired) electrons. The zero-order chi connectivity index (χ0) is 9.26. The van der Waals surface area contributed by atoms with Crippen molar-refractivity contribution in [3.8, 4) is 0 Å². The van der Waals surface area contributed by atoms with E-state index in [4.69, 9.17) is 0 Å². The fourth-order valence-electron chi connectivity index (χ4n) is 1.64. The summed E-state index contributed by atoms with van der Waals surface area (Å²) in [6, 6.07) is 0. The van der Waals surface area contributed by atoms with Crippen molar-refractivity contribution in [2.45, 2.75) is 32.2 Å². The second-order valence-corrected chi connectivity index (χ2v) is 3.19. The molecule has 0 aromatic carbocycles. The van der Waals surface area contributed by atoms with Crippen LogP contribution in [0.4, 0.5) is 0 Å². The molecule has 0 fully saturated rings. The van der Waals surface area contributed by atoms with Crippen molar-refractivity contribution in [3.05, 3.63) is 11.6 Å². The van der Waals surface area contributed by atoms with Crippen LogP contribution in [0.25, 0.3) is 0 Å². The van der Waals surface area contributed by atoms with Gasteiger partial charge in [-0.05, 0) is 12.8 Å². The minimum atomic E-state index is -1.24. The summed E-state index contributed by atoms with van der Waals surface area (Å²) < 4.78 is 1.66. The van der Waals surface area contributed by atoms with Crippen molar-refractivity contribution >= 4 is 5.97 Å². The van der Waals surface area contributed by atoms with E-state index in [0.717, 1.165) is 31.5 Å². The Bertz CT molecular complexity index is 337. The number of carbonyl (C=O) groups is 1. The molecule has 2 heterocycles. The first kappa shape index (κ1) is 12.3. The van der Waals surface area contributed by atoms with Crippen molar-refractivity contribution in [3.63, 3.8) is 0 Å². The van der Waals surface area contributed by atoms with E-state index < -0.39 is 5.97 Å². The van der Waals surface area contributed by atoms with Crippen molar-refractivity contribution in [2.75, 3.05) is 0 Å². The Morgan fingerprint density at radius 3 is 2.79 bits per heavy atom. The predicted octanol–water partition coefficient (Wildman–Crippen LogP) is -3.63. The smallest absolute Gasteiger partial charge is 0.541 e. The first-order valence-electron chi connectivity index (χ1n) is 4.42. The maximum Gasteiger partial charge on any atom is 1.00 e. The number of aromatic nitrogens is 3. The van der Waals surface area contributed by atoms with Crippen LogP contribution >= 0.6 is 0 Å². The number of hydrogen-bond acceptors (Lipinski definition) is 4. The molecule has 6 heteroatoms. The average Bonchev–Trinajstić information content (AvgIpc) is 2.36. The number of rotatable bonds is 1. The van der Waals surface area contributed by atoms with Gasteiger partial charge < -0.3 is 14.5 Å². The average molecular weight is 219 g/mol. The topological polar surface area (TPSA) is 70.8 Å². The molecule has 0 saturated heterocycles. The Kier molecular flexibility index (Phi) is 4.72. The quantitative estimate of drug-likeness (QED) is 0.457. The normalized spacial score (nSPS) is 15.1. The molecular weight excluding hydrogens is 209 g/mol. The van der Waals surface area contributed by atoms with Gasteiger partial charge in [0, 0.05) is 13.0 Å². The van der Waals surface area contributed by atoms with Gasteiger partial charge in [-0.1, -0.05) is 6.42 Å². The Balaban J connectivity index is 0.000000980. The van der Waals surface area contributed by atoms with E-state index in [1.165, 1.54) is 0 Å². The van der Waals surface area contributed by atoms with Crippen LogP contribution in [0, 0.1) is 0 Å². The molecule has 0 spiro atoms. The molecule has 0 aliphatic carbocycles. The van der Waals surface area contributed by atoms with E-state index in [-0.39, 0.29) is 57.2 Å². The van der Waals surface area contributed by atoms with Gasteiger partial charge in [-0.25, -0.2) is 0 Å². The van der Waals surface area contributed by atoms with Crippen LogP contribution in [0.5, 0.6) is 0 Å². The fourth-order valence-corrected chi connectivity index (χ4v) is 1.64. The molecule has 0 amide bonds. The van der Waals surface area contributed by atoms with Gasteiger partial charge in [-0.15, -0.1) is 10.2 Å². The fraction of sp³-hybridized carbons (Fsp3) is 0.625. The van der Waals surface area contributed by atoms with Gasteiger partial charge in [-0.2, -0.15) is 0 Å². The van der Waals surface area contributed by atoms with Gasteiger partial charge in [0.2, 0.25) is 0 Å². The molecule has 5 nitrogen and oxygen atoms in total. The zero-order valence-corrected chi connectivity index (χ0v) is 11.3. The summed E-state index contributed by atoms with van der Waals surface area (Å²) in [5.74, 6) is -0.491. The van der Waals surface area contributed by atoms with Crippen LogP contribution in [0.1, 0.15) is 35.7 Å². The van der Waals surface area contributed by atoms with Gasteiger partial charge in [-0.3, -0.25) is 0 Å². The summed E-state index contributed by atoms with van der Waals surface area (Å²) in [6.07, 6.45) is 3.99. The third-order valence-electron chi connectivity index (χ3n) is 2.29. The standard InChI is InChI=1S/C8H11N3O2.K/c12-8(13)7-10-9-6-4-2-1-3-5-11(6)7;/h1-5H2,(H,12,13);/q;+1/p-1. The monoisotopic (exact) mass is 219 g/mol. The Labute approximate surface area is 124 Å². The largest absolute Gasteiger partial charge is 1.00 e. The summed E-state index contributed by atoms with van der Waals surface area (Å²) in [5.41, 5.74) is 0. The summed E-state index contributed by atoms with van der Waals surface area (Å²) in [7, 11) is 0. The third kappa shape index (κ3) is 2.43. The maximum absolute atomic E-state index is 10.6. The molecule has 0 N–H and O–H groups in total. The van der Waals surface area contributed by atoms with Crippen LogP contribution in [0.3, 0.4) is 0 Å². The van der Waals surface area contributed by atoms with E-state index in [0.29, 0.717) is 6.54 Å². The van der Waals surface area contributed by atoms with E-state index in [2.05, 4.69) is 10.2 Å². The molecule has 1 aromatic rings. The molecule has 70 valence electrons. The van der Waals surface area contributed by atoms with Gasteiger partial charge in [0.05, 0.1) is 0 Å². The first-order valence-corrected chi connectivity index (χ1v) is 4.42. The third-order valence-corrected chi connectivity index (χ3v) is 2.29. The molecule has 0 atom stereocenters. The second kappa shape index (κ2) is 5.36. The van der Waals surface area contributed by atoms with Crippen molar-refractivity contribution in [1.29, 1.82) is 0 Å². The van der Waals surface area contributed by atoms with Crippen molar-refractivity contribution in [1.82, 2.24) is 14.8 Å². The Morgan fingerprint density at radius 1 is 1.29 bits per heavy atom. The molecule has 1 aliphatic heterocycles. The summed E-state index contributed by atoms with van der Waals surface area (Å²) in [6.45, 7) is 0.700. The molecule has 14 heavy (non-hydrogen) atoms. The Hall–Kier alpha value is 0.246. The van der Waals surface area contributed by atoms with Crippen LogP contribution in [0.2, 0.25) is 0 Å². The SMILES string of the molecule is O=C([O-])c1nnc2n1CCCCC2.[K+]. The van der Waals surface area contributed by atoms with Gasteiger partial charge in [0.25, 0.3) is 0 Å². The van der Waals surface area contributed by atoms with Gasteiger partial charge in [0.1, 0.15) is 11.8 Å². The first-order chi connectivity index (χ1) is 6.29. The van der Waals surface area contributed by atoms with Crippen LogP contribution in [0.15, 0.2) is 0 Å². The zero-order valence-electron chi connectivity index (χ0n) is 8.19. The molecule has 1 aliphatic rings. The summed E-state index contributed by atoms with van der Waals surface area (Å²) in [4.78, 5) is 10.6. The summed E-state index contributed by atoms with van der Waals surface area (Å²) >= 11 is 0. The molecule has 2 rings (SSSR count). The minimum absolute atomic E-state index is 0. The number of fused-ring (bicyclic) bond motifs is 1. The molecule has 0 saturated carbocycles. The van der Waals surface area contributed by atoms with Crippen LogP contribution in [-0.2, 0) is 13.0 Å². The van der Waals surface area contributed by atoms with E-state index in [1.54, 1.807) is 4.57 Å². The van der Waals surface area contributed by atoms with Gasteiger partial charge in [0.15, 0.2) is 5.82 Å². The van der Waals surface area contributed by atoms with Crippen molar-refractivity contribution < 1.29 is 61.3 Å². The number of nitrogens with zero attached hydrogens (tertiary/aromatic N) is 3. The second-order valence-electron chi connectivity index (χ2n) is 3.19. The maximum atomic E-state index is 10.6. The Morgan fingerprint density at radius 2 is 2.07 bits per heavy atom. The number of aromatic carboxylic acids is 1. The van der Waals surface area contributed by atoms with Crippen LogP contribution in [-0.4, -0.2) is 20.7 Å². The number of carboxylic acids is 1. The molecular formula is C8H10KN3O2. The molecule has 1 aromatic heterocycles. The van der Waals surface area contributed by atoms with E-state index >= 15 is 0 Å².